The molecule has 5 nitrogen and oxygen atoms in total. The third-order valence-corrected chi connectivity index (χ3v) is 3.41. The number of anilines is 1. The van der Waals surface area contributed by atoms with E-state index in [1.165, 1.54) is 0 Å². The molecule has 1 atom stereocenters. The van der Waals surface area contributed by atoms with Crippen LogP contribution < -0.4 is 5.32 Å². The van der Waals surface area contributed by atoms with Gasteiger partial charge in [-0.05, 0) is 26.1 Å². The largest absolute Gasteiger partial charge is 0.366 e. The molecule has 0 saturated carbocycles. The number of nitrogens with one attached hydrogen (secondary N) is 1. The van der Waals surface area contributed by atoms with Gasteiger partial charge in [0.05, 0.1) is 5.56 Å². The summed E-state index contributed by atoms with van der Waals surface area (Å²) in [5.41, 5.74) is 0.595. The first-order valence-corrected chi connectivity index (χ1v) is 6.71. The van der Waals surface area contributed by atoms with Crippen LogP contribution in [0.25, 0.3) is 0 Å². The molecule has 1 saturated heterocycles. The summed E-state index contributed by atoms with van der Waals surface area (Å²) in [6.07, 6.45) is 1.60. The van der Waals surface area contributed by atoms with E-state index in [4.69, 9.17) is 5.26 Å². The van der Waals surface area contributed by atoms with Crippen LogP contribution in [0.15, 0.2) is 18.3 Å². The molecule has 1 aliphatic heterocycles. The average Bonchev–Trinajstić information content (AvgIpc) is 2.42. The van der Waals surface area contributed by atoms with Crippen LogP contribution in [-0.4, -0.2) is 60.6 Å². The fourth-order valence-corrected chi connectivity index (χ4v) is 2.26. The summed E-state index contributed by atoms with van der Waals surface area (Å²) in [6, 6.07) is 6.07. The number of likely N-dealkylation sites (N-methyl/N-ethyl adjacent to an activating group) is 1. The first-order valence-electron chi connectivity index (χ1n) is 6.71. The summed E-state index contributed by atoms with van der Waals surface area (Å²) in [6.45, 7) is 7.73. The smallest absolute Gasteiger partial charge is 0.126 e. The first-order chi connectivity index (χ1) is 9.17. The predicted molar refractivity (Wildman–Crippen MR) is 76.0 cm³/mol. The van der Waals surface area contributed by atoms with Crippen LogP contribution in [0.1, 0.15) is 12.5 Å². The second-order valence-electron chi connectivity index (χ2n) is 5.19. The molecular weight excluding hydrogens is 238 g/mol. The molecule has 2 heterocycles. The highest BCUT2D eigenvalue weighted by molar-refractivity contribution is 5.39. The number of nitriles is 1. The third-order valence-electron chi connectivity index (χ3n) is 3.41. The third kappa shape index (κ3) is 4.19. The van der Waals surface area contributed by atoms with Crippen molar-refractivity contribution >= 4 is 5.82 Å². The van der Waals surface area contributed by atoms with Crippen molar-refractivity contribution in [2.75, 3.05) is 45.1 Å². The Balaban J connectivity index is 1.80. The summed E-state index contributed by atoms with van der Waals surface area (Å²) >= 11 is 0. The van der Waals surface area contributed by atoms with E-state index in [0.29, 0.717) is 11.6 Å². The van der Waals surface area contributed by atoms with Gasteiger partial charge in [0, 0.05) is 45.0 Å². The Hall–Kier alpha value is -1.64. The van der Waals surface area contributed by atoms with Crippen LogP contribution in [0.4, 0.5) is 5.82 Å². The number of nitrogens with zero attached hydrogens (tertiary/aromatic N) is 4. The van der Waals surface area contributed by atoms with Gasteiger partial charge in [0.15, 0.2) is 0 Å². The average molecular weight is 259 g/mol. The van der Waals surface area contributed by atoms with Gasteiger partial charge in [-0.25, -0.2) is 4.98 Å². The topological polar surface area (TPSA) is 55.2 Å². The van der Waals surface area contributed by atoms with Crippen LogP contribution in [0.3, 0.4) is 0 Å². The van der Waals surface area contributed by atoms with Crippen molar-refractivity contribution in [1.29, 1.82) is 5.26 Å². The van der Waals surface area contributed by atoms with E-state index in [-0.39, 0.29) is 0 Å². The summed E-state index contributed by atoms with van der Waals surface area (Å²) in [5, 5.41) is 12.1. The summed E-state index contributed by atoms with van der Waals surface area (Å²) < 4.78 is 0. The van der Waals surface area contributed by atoms with Crippen molar-refractivity contribution in [3.05, 3.63) is 23.9 Å². The van der Waals surface area contributed by atoms with E-state index < -0.39 is 0 Å². The Morgan fingerprint density at radius 3 is 2.68 bits per heavy atom. The highest BCUT2D eigenvalue weighted by Crippen LogP contribution is 2.07. The van der Waals surface area contributed by atoms with Crippen molar-refractivity contribution in [1.82, 2.24) is 14.8 Å². The Labute approximate surface area is 114 Å². The van der Waals surface area contributed by atoms with E-state index in [0.717, 1.165) is 38.5 Å². The van der Waals surface area contributed by atoms with Crippen LogP contribution in [-0.2, 0) is 0 Å². The molecule has 1 unspecified atom stereocenters. The number of hydrogen-bond acceptors (Lipinski definition) is 5. The first kappa shape index (κ1) is 13.8. The maximum Gasteiger partial charge on any atom is 0.126 e. The predicted octanol–water partition coefficient (Wildman–Crippen LogP) is 1.00. The van der Waals surface area contributed by atoms with Crippen LogP contribution >= 0.6 is 0 Å². The van der Waals surface area contributed by atoms with Crippen molar-refractivity contribution in [2.45, 2.75) is 13.0 Å². The van der Waals surface area contributed by atoms with Gasteiger partial charge in [0.2, 0.25) is 0 Å². The highest BCUT2D eigenvalue weighted by Gasteiger charge is 2.15. The molecule has 1 aromatic rings. The van der Waals surface area contributed by atoms with Crippen molar-refractivity contribution in [3.63, 3.8) is 0 Å². The maximum absolute atomic E-state index is 8.73. The number of aromatic nitrogens is 1. The Morgan fingerprint density at radius 1 is 1.37 bits per heavy atom. The zero-order chi connectivity index (χ0) is 13.7. The number of pyridine rings is 1. The Morgan fingerprint density at radius 2 is 2.11 bits per heavy atom. The van der Waals surface area contributed by atoms with E-state index in [1.807, 2.05) is 6.07 Å². The maximum atomic E-state index is 8.73. The summed E-state index contributed by atoms with van der Waals surface area (Å²) in [4.78, 5) is 9.07. The van der Waals surface area contributed by atoms with Crippen molar-refractivity contribution < 1.29 is 0 Å². The summed E-state index contributed by atoms with van der Waals surface area (Å²) in [5.74, 6) is 0.834. The van der Waals surface area contributed by atoms with Crippen LogP contribution in [0, 0.1) is 11.3 Å². The van der Waals surface area contributed by atoms with Gasteiger partial charge >= 0.3 is 0 Å². The minimum absolute atomic E-state index is 0.351. The normalized spacial score (nSPS) is 18.8. The minimum Gasteiger partial charge on any atom is -0.366 e. The second-order valence-corrected chi connectivity index (χ2v) is 5.19. The van der Waals surface area contributed by atoms with E-state index in [1.54, 1.807) is 12.3 Å². The second kappa shape index (κ2) is 6.50. The van der Waals surface area contributed by atoms with E-state index in [9.17, 15) is 0 Å². The lowest BCUT2D eigenvalue weighted by molar-refractivity contribution is 0.151. The van der Waals surface area contributed by atoms with Gasteiger partial charge in [0.1, 0.15) is 11.9 Å². The van der Waals surface area contributed by atoms with E-state index >= 15 is 0 Å². The molecule has 1 N–H and O–H groups in total. The zero-order valence-corrected chi connectivity index (χ0v) is 11.6. The fourth-order valence-electron chi connectivity index (χ4n) is 2.26. The zero-order valence-electron chi connectivity index (χ0n) is 11.6. The van der Waals surface area contributed by atoms with Gasteiger partial charge in [0.25, 0.3) is 0 Å². The molecule has 1 fully saturated rings. The highest BCUT2D eigenvalue weighted by atomic mass is 15.3. The molecule has 1 aromatic heterocycles. The fraction of sp³-hybridized carbons (Fsp3) is 0.571. The SMILES string of the molecule is CC(CN1CCN(C)CC1)Nc1ccc(C#N)cn1. The number of rotatable bonds is 4. The molecule has 5 heteroatoms. The number of piperazine rings is 1. The van der Waals surface area contributed by atoms with Gasteiger partial charge in [-0.1, -0.05) is 0 Å². The lowest BCUT2D eigenvalue weighted by Crippen LogP contribution is -2.47. The van der Waals surface area contributed by atoms with Gasteiger partial charge in [-0.3, -0.25) is 4.90 Å². The van der Waals surface area contributed by atoms with Crippen molar-refractivity contribution in [3.8, 4) is 6.07 Å². The van der Waals surface area contributed by atoms with Crippen LogP contribution in [0.2, 0.25) is 0 Å². The molecule has 19 heavy (non-hydrogen) atoms. The van der Waals surface area contributed by atoms with Crippen molar-refractivity contribution in [2.24, 2.45) is 0 Å². The molecule has 0 bridgehead atoms. The molecule has 2 rings (SSSR count). The van der Waals surface area contributed by atoms with Gasteiger partial charge in [-0.15, -0.1) is 0 Å². The minimum atomic E-state index is 0.351. The molecule has 102 valence electrons. The molecule has 0 spiro atoms. The quantitative estimate of drug-likeness (QED) is 0.874. The molecule has 0 radical (unpaired) electrons. The lowest BCUT2D eigenvalue weighted by atomic mass is 10.2. The number of hydrogen-bond donors (Lipinski definition) is 1. The van der Waals surface area contributed by atoms with Crippen LogP contribution in [0.5, 0.6) is 0 Å². The molecular formula is C14H21N5. The lowest BCUT2D eigenvalue weighted by Gasteiger charge is -2.34. The molecule has 0 aliphatic carbocycles. The summed E-state index contributed by atoms with van der Waals surface area (Å²) in [7, 11) is 2.17. The standard InChI is InChI=1S/C14H21N5/c1-12(11-19-7-5-18(2)6-8-19)17-14-4-3-13(9-15)10-16-14/h3-4,10,12H,5-8,11H2,1-2H3,(H,16,17). The monoisotopic (exact) mass is 259 g/mol. The molecule has 0 amide bonds. The van der Waals surface area contributed by atoms with E-state index in [2.05, 4.69) is 40.1 Å². The Kier molecular flexibility index (Phi) is 4.72. The van der Waals surface area contributed by atoms with Gasteiger partial charge in [-0.2, -0.15) is 5.26 Å². The molecule has 0 aromatic carbocycles. The molecule has 1 aliphatic rings. The van der Waals surface area contributed by atoms with Gasteiger partial charge < -0.3 is 10.2 Å². The Bertz CT molecular complexity index is 428.